The summed E-state index contributed by atoms with van der Waals surface area (Å²) in [6, 6.07) is 18.1. The van der Waals surface area contributed by atoms with E-state index in [1.54, 1.807) is 20.3 Å². The summed E-state index contributed by atoms with van der Waals surface area (Å²) in [4.78, 5) is 15.0. The molecular weight excluding hydrogens is 452 g/mol. The van der Waals surface area contributed by atoms with Crippen molar-refractivity contribution in [3.8, 4) is 11.5 Å². The first-order valence-corrected chi connectivity index (χ1v) is 12.2. The monoisotopic (exact) mass is 484 g/mol. The van der Waals surface area contributed by atoms with Crippen LogP contribution in [0.25, 0.3) is 5.57 Å². The molecule has 3 aromatic rings. The van der Waals surface area contributed by atoms with E-state index in [2.05, 4.69) is 51.9 Å². The van der Waals surface area contributed by atoms with E-state index in [4.69, 9.17) is 15.2 Å². The number of nitrogens with one attached hydrogen (secondary N) is 2. The zero-order chi connectivity index (χ0) is 25.2. The smallest absolute Gasteiger partial charge is 0.258 e. The average Bonchev–Trinajstić information content (AvgIpc) is 3.08. The molecule has 0 bridgehead atoms. The lowest BCUT2D eigenvalue weighted by Crippen LogP contribution is -2.25. The molecule has 3 aromatic carbocycles. The van der Waals surface area contributed by atoms with Crippen LogP contribution in [0, 0.1) is 0 Å². The zero-order valence-corrected chi connectivity index (χ0v) is 21.0. The maximum Gasteiger partial charge on any atom is 0.258 e. The van der Waals surface area contributed by atoms with Crippen LogP contribution in [0.5, 0.6) is 11.5 Å². The van der Waals surface area contributed by atoms with Crippen LogP contribution in [0.15, 0.2) is 60.3 Å². The summed E-state index contributed by atoms with van der Waals surface area (Å²) in [7, 11) is 3.36. The van der Waals surface area contributed by atoms with Gasteiger partial charge in [0.05, 0.1) is 19.8 Å². The summed E-state index contributed by atoms with van der Waals surface area (Å²) < 4.78 is 11.0. The van der Waals surface area contributed by atoms with Crippen LogP contribution < -0.4 is 25.8 Å². The van der Waals surface area contributed by atoms with Crippen molar-refractivity contribution in [3.05, 3.63) is 82.5 Å². The van der Waals surface area contributed by atoms with E-state index in [1.165, 1.54) is 16.7 Å². The number of ether oxygens (including phenoxy) is 2. The number of allylic oxidation sites excluding steroid dienone is 1. The Morgan fingerprint density at radius 3 is 2.22 bits per heavy atom. The van der Waals surface area contributed by atoms with E-state index in [0.717, 1.165) is 66.6 Å². The molecule has 2 aliphatic heterocycles. The molecular formula is C29H32N4O3. The van der Waals surface area contributed by atoms with E-state index >= 15 is 0 Å². The lowest BCUT2D eigenvalue weighted by atomic mass is 10.0. The van der Waals surface area contributed by atoms with Crippen molar-refractivity contribution >= 4 is 28.5 Å². The Morgan fingerprint density at radius 2 is 1.61 bits per heavy atom. The second-order valence-corrected chi connectivity index (χ2v) is 9.33. The van der Waals surface area contributed by atoms with Gasteiger partial charge >= 0.3 is 0 Å². The third kappa shape index (κ3) is 4.75. The van der Waals surface area contributed by atoms with Crippen molar-refractivity contribution in [3.63, 3.8) is 0 Å². The van der Waals surface area contributed by atoms with Gasteiger partial charge in [0.15, 0.2) is 11.5 Å². The lowest BCUT2D eigenvalue weighted by molar-refractivity contribution is -0.110. The summed E-state index contributed by atoms with van der Waals surface area (Å²) in [5, 5.41) is 6.30. The first kappa shape index (κ1) is 23.8. The van der Waals surface area contributed by atoms with Crippen molar-refractivity contribution < 1.29 is 14.3 Å². The van der Waals surface area contributed by atoms with Crippen molar-refractivity contribution in [2.75, 3.05) is 43.7 Å². The SMILES string of the molecule is COc1cc2c(cc1OC)CCN(Cc1ccc(N/C(C)=C3\C(=O)Nc4ccc(N)cc43)cc1)CC2. The van der Waals surface area contributed by atoms with Crippen molar-refractivity contribution in [1.29, 1.82) is 0 Å². The van der Waals surface area contributed by atoms with Crippen LogP contribution in [0.1, 0.15) is 29.2 Å². The highest BCUT2D eigenvalue weighted by Crippen LogP contribution is 2.35. The van der Waals surface area contributed by atoms with E-state index < -0.39 is 0 Å². The number of fused-ring (bicyclic) bond motifs is 2. The molecule has 5 rings (SSSR count). The number of carbonyl (C=O) groups is 1. The lowest BCUT2D eigenvalue weighted by Gasteiger charge is -2.20. The van der Waals surface area contributed by atoms with Gasteiger partial charge in [0.1, 0.15) is 0 Å². The molecule has 2 heterocycles. The number of amides is 1. The van der Waals surface area contributed by atoms with E-state index in [-0.39, 0.29) is 5.91 Å². The number of benzene rings is 3. The quantitative estimate of drug-likeness (QED) is 0.348. The molecule has 0 saturated heterocycles. The van der Waals surface area contributed by atoms with Gasteiger partial charge in [0, 0.05) is 48.0 Å². The number of nitrogens with zero attached hydrogens (tertiary/aromatic N) is 1. The van der Waals surface area contributed by atoms with Gasteiger partial charge in [-0.3, -0.25) is 9.69 Å². The van der Waals surface area contributed by atoms with Crippen LogP contribution in [-0.2, 0) is 24.2 Å². The Morgan fingerprint density at radius 1 is 0.972 bits per heavy atom. The molecule has 4 N–H and O–H groups in total. The van der Waals surface area contributed by atoms with Crippen molar-refractivity contribution in [1.82, 2.24) is 4.90 Å². The zero-order valence-electron chi connectivity index (χ0n) is 21.0. The highest BCUT2D eigenvalue weighted by Gasteiger charge is 2.26. The molecule has 186 valence electrons. The van der Waals surface area contributed by atoms with Crippen LogP contribution in [0.4, 0.5) is 17.1 Å². The fraction of sp³-hybridized carbons (Fsp3) is 0.276. The minimum Gasteiger partial charge on any atom is -0.493 e. The molecule has 2 aliphatic rings. The standard InChI is InChI=1S/C29H32N4O3/c1-18(28-24-16-22(30)6-9-25(24)32-29(28)34)31-23-7-4-19(5-8-23)17-33-12-10-20-14-26(35-2)27(36-3)15-21(20)11-13-33/h4-9,14-16,31H,10-13,17,30H2,1-3H3,(H,32,34)/b28-18-. The number of hydrogen-bond acceptors (Lipinski definition) is 6. The van der Waals surface area contributed by atoms with E-state index in [0.29, 0.717) is 11.3 Å². The van der Waals surface area contributed by atoms with E-state index in [1.807, 2.05) is 19.1 Å². The Hall–Kier alpha value is -3.97. The largest absolute Gasteiger partial charge is 0.493 e. The van der Waals surface area contributed by atoms with Crippen molar-refractivity contribution in [2.24, 2.45) is 0 Å². The highest BCUT2D eigenvalue weighted by atomic mass is 16.5. The number of nitrogens with two attached hydrogens (primary N) is 1. The summed E-state index contributed by atoms with van der Waals surface area (Å²) in [6.45, 7) is 4.79. The fourth-order valence-corrected chi connectivity index (χ4v) is 5.04. The molecule has 1 amide bonds. The van der Waals surface area contributed by atoms with E-state index in [9.17, 15) is 4.79 Å². The first-order chi connectivity index (χ1) is 17.4. The Balaban J connectivity index is 1.25. The number of anilines is 3. The van der Waals surface area contributed by atoms with Crippen LogP contribution in [0.3, 0.4) is 0 Å². The number of hydrogen-bond donors (Lipinski definition) is 3. The molecule has 0 aliphatic carbocycles. The fourth-order valence-electron chi connectivity index (χ4n) is 5.04. The summed E-state index contributed by atoms with van der Waals surface area (Å²) in [5.74, 6) is 1.47. The molecule has 0 saturated carbocycles. The molecule has 0 atom stereocenters. The third-order valence-corrected chi connectivity index (χ3v) is 6.96. The number of carbonyl (C=O) groups excluding carboxylic acids is 1. The third-order valence-electron chi connectivity index (χ3n) is 6.96. The normalized spacial score (nSPS) is 16.5. The maximum absolute atomic E-state index is 12.6. The maximum atomic E-state index is 12.6. The highest BCUT2D eigenvalue weighted by molar-refractivity contribution is 6.32. The average molecular weight is 485 g/mol. The van der Waals surface area contributed by atoms with Gasteiger partial charge in [0.25, 0.3) is 5.91 Å². The molecule has 0 aromatic heterocycles. The van der Waals surface area contributed by atoms with Gasteiger partial charge < -0.3 is 25.8 Å². The van der Waals surface area contributed by atoms with Gasteiger partial charge in [-0.1, -0.05) is 12.1 Å². The minimum atomic E-state index is -0.116. The number of nitrogen functional groups attached to an aromatic ring is 1. The summed E-state index contributed by atoms with van der Waals surface area (Å²) in [6.07, 6.45) is 1.96. The summed E-state index contributed by atoms with van der Waals surface area (Å²) in [5.41, 5.74) is 14.5. The van der Waals surface area contributed by atoms with Gasteiger partial charge in [-0.2, -0.15) is 0 Å². The predicted molar refractivity (Wildman–Crippen MR) is 144 cm³/mol. The van der Waals surface area contributed by atoms with Gasteiger partial charge in [-0.15, -0.1) is 0 Å². The minimum absolute atomic E-state index is 0.116. The molecule has 0 radical (unpaired) electrons. The van der Waals surface area contributed by atoms with Crippen LogP contribution in [0.2, 0.25) is 0 Å². The summed E-state index contributed by atoms with van der Waals surface area (Å²) >= 11 is 0. The molecule has 0 fully saturated rings. The Labute approximate surface area is 211 Å². The second-order valence-electron chi connectivity index (χ2n) is 9.33. The number of rotatable bonds is 6. The number of methoxy groups -OCH3 is 2. The second kappa shape index (κ2) is 9.95. The Bertz CT molecular complexity index is 1300. The van der Waals surface area contributed by atoms with Gasteiger partial charge in [-0.05, 0) is 78.9 Å². The van der Waals surface area contributed by atoms with Crippen LogP contribution >= 0.6 is 0 Å². The molecule has 36 heavy (non-hydrogen) atoms. The molecule has 0 spiro atoms. The first-order valence-electron chi connectivity index (χ1n) is 12.2. The molecule has 0 unspecified atom stereocenters. The Kier molecular flexibility index (Phi) is 6.57. The predicted octanol–water partition coefficient (Wildman–Crippen LogP) is 4.68. The molecule has 7 heteroatoms. The van der Waals surface area contributed by atoms with Crippen LogP contribution in [-0.4, -0.2) is 38.1 Å². The van der Waals surface area contributed by atoms with Gasteiger partial charge in [-0.25, -0.2) is 0 Å². The van der Waals surface area contributed by atoms with Gasteiger partial charge in [0.2, 0.25) is 0 Å². The van der Waals surface area contributed by atoms with Crippen molar-refractivity contribution in [2.45, 2.75) is 26.3 Å². The molecule has 7 nitrogen and oxygen atoms in total. The topological polar surface area (TPSA) is 88.9 Å².